The third-order valence-electron chi connectivity index (χ3n) is 6.87. The van der Waals surface area contributed by atoms with Crippen molar-refractivity contribution in [2.75, 3.05) is 0 Å². The molecule has 26 heavy (non-hydrogen) atoms. The van der Waals surface area contributed by atoms with Crippen LogP contribution in [0.2, 0.25) is 0 Å². The van der Waals surface area contributed by atoms with Crippen LogP contribution in [-0.2, 0) is 10.0 Å². The molecule has 0 aromatic carbocycles. The molecular formula is C18H27N3O4S. The molecule has 4 aliphatic rings. The van der Waals surface area contributed by atoms with Gasteiger partial charge in [-0.1, -0.05) is 6.92 Å². The fraction of sp³-hybridized carbons (Fsp3) is 0.778. The summed E-state index contributed by atoms with van der Waals surface area (Å²) in [4.78, 5) is 27.5. The Labute approximate surface area is 153 Å². The molecule has 0 spiro atoms. The third-order valence-corrected chi connectivity index (χ3v) is 8.50. The van der Waals surface area contributed by atoms with Gasteiger partial charge in [-0.2, -0.15) is 0 Å². The van der Waals surface area contributed by atoms with Gasteiger partial charge in [0.2, 0.25) is 10.0 Å². The van der Waals surface area contributed by atoms with E-state index in [0.29, 0.717) is 6.42 Å². The van der Waals surface area contributed by atoms with Crippen LogP contribution in [-0.4, -0.2) is 24.4 Å². The van der Waals surface area contributed by atoms with Crippen molar-refractivity contribution in [3.63, 3.8) is 0 Å². The van der Waals surface area contributed by atoms with E-state index in [1.807, 2.05) is 11.9 Å². The van der Waals surface area contributed by atoms with Crippen LogP contribution in [0.15, 0.2) is 14.5 Å². The Bertz CT molecular complexity index is 895. The van der Waals surface area contributed by atoms with Gasteiger partial charge in [-0.05, 0) is 75.0 Å². The molecule has 0 unspecified atom stereocenters. The Morgan fingerprint density at radius 3 is 2.08 bits per heavy atom. The molecule has 0 amide bonds. The minimum Gasteiger partial charge on any atom is -0.310 e. The van der Waals surface area contributed by atoms with Crippen molar-refractivity contribution in [2.45, 2.75) is 69.7 Å². The zero-order chi connectivity index (χ0) is 18.7. The highest BCUT2D eigenvalue weighted by atomic mass is 32.2. The van der Waals surface area contributed by atoms with Gasteiger partial charge in [0.15, 0.2) is 4.90 Å². The SMILES string of the molecule is CC[C@@H](NS(=O)(=O)c1c(C)[nH]c(=O)[nH]c1=O)C12CC3CC(CC(C3)C1)C2. The first-order chi connectivity index (χ1) is 12.2. The summed E-state index contributed by atoms with van der Waals surface area (Å²) in [7, 11) is -4.01. The second-order valence-electron chi connectivity index (χ2n) is 8.72. The zero-order valence-electron chi connectivity index (χ0n) is 15.3. The Kier molecular flexibility index (Phi) is 4.19. The van der Waals surface area contributed by atoms with Crippen molar-refractivity contribution in [2.24, 2.45) is 23.2 Å². The van der Waals surface area contributed by atoms with Crippen LogP contribution in [0.3, 0.4) is 0 Å². The average Bonchev–Trinajstić information content (AvgIpc) is 2.49. The first kappa shape index (κ1) is 18.0. The minimum absolute atomic E-state index is 0.0133. The lowest BCUT2D eigenvalue weighted by Crippen LogP contribution is -2.57. The lowest BCUT2D eigenvalue weighted by atomic mass is 9.47. The molecule has 1 aromatic rings. The van der Waals surface area contributed by atoms with E-state index < -0.39 is 21.3 Å². The molecule has 0 radical (unpaired) electrons. The van der Waals surface area contributed by atoms with E-state index in [4.69, 9.17) is 0 Å². The maximum absolute atomic E-state index is 13.0. The summed E-state index contributed by atoms with van der Waals surface area (Å²) < 4.78 is 28.8. The number of hydrogen-bond acceptors (Lipinski definition) is 4. The first-order valence-electron chi connectivity index (χ1n) is 9.58. The maximum atomic E-state index is 13.0. The highest BCUT2D eigenvalue weighted by molar-refractivity contribution is 7.89. The Hall–Kier alpha value is -1.41. The molecule has 8 heteroatoms. The molecule has 0 saturated heterocycles. The fourth-order valence-electron chi connectivity index (χ4n) is 6.40. The summed E-state index contributed by atoms with van der Waals surface area (Å²) in [5, 5.41) is 0. The van der Waals surface area contributed by atoms with Gasteiger partial charge in [0.1, 0.15) is 0 Å². The second kappa shape index (κ2) is 6.05. The van der Waals surface area contributed by atoms with Crippen molar-refractivity contribution in [3.8, 4) is 0 Å². The fourth-order valence-corrected chi connectivity index (χ4v) is 8.06. The van der Waals surface area contributed by atoms with Gasteiger partial charge in [0, 0.05) is 11.7 Å². The van der Waals surface area contributed by atoms with Gasteiger partial charge in [-0.3, -0.25) is 9.78 Å². The molecule has 4 fully saturated rings. The summed E-state index contributed by atoms with van der Waals surface area (Å²) in [5.41, 5.74) is -1.47. The first-order valence-corrected chi connectivity index (χ1v) is 11.1. The lowest BCUT2D eigenvalue weighted by molar-refractivity contribution is -0.0704. The maximum Gasteiger partial charge on any atom is 0.325 e. The molecule has 4 saturated carbocycles. The number of hydrogen-bond donors (Lipinski definition) is 3. The molecule has 5 rings (SSSR count). The smallest absolute Gasteiger partial charge is 0.310 e. The topological polar surface area (TPSA) is 112 Å². The van der Waals surface area contributed by atoms with Crippen LogP contribution in [0.5, 0.6) is 0 Å². The molecule has 1 heterocycles. The van der Waals surface area contributed by atoms with Gasteiger partial charge < -0.3 is 4.98 Å². The Balaban J connectivity index is 1.67. The van der Waals surface area contributed by atoms with Gasteiger partial charge in [-0.15, -0.1) is 0 Å². The predicted octanol–water partition coefficient (Wildman–Crippen LogP) is 1.64. The molecule has 7 nitrogen and oxygen atoms in total. The van der Waals surface area contributed by atoms with E-state index in [-0.39, 0.29) is 22.0 Å². The Morgan fingerprint density at radius 2 is 1.62 bits per heavy atom. The number of nitrogens with one attached hydrogen (secondary N) is 3. The van der Waals surface area contributed by atoms with Crippen LogP contribution >= 0.6 is 0 Å². The summed E-state index contributed by atoms with van der Waals surface area (Å²) >= 11 is 0. The molecule has 3 N–H and O–H groups in total. The largest absolute Gasteiger partial charge is 0.325 e. The van der Waals surface area contributed by atoms with E-state index in [2.05, 4.69) is 9.71 Å². The summed E-state index contributed by atoms with van der Waals surface area (Å²) in [6.07, 6.45) is 7.83. The number of aromatic nitrogens is 2. The highest BCUT2D eigenvalue weighted by Gasteiger charge is 2.54. The molecule has 4 aliphatic carbocycles. The van der Waals surface area contributed by atoms with Gasteiger partial charge in [0.05, 0.1) is 0 Å². The second-order valence-corrected chi connectivity index (χ2v) is 10.4. The van der Waals surface area contributed by atoms with Gasteiger partial charge in [-0.25, -0.2) is 17.9 Å². The van der Waals surface area contributed by atoms with Gasteiger partial charge in [0.25, 0.3) is 5.56 Å². The van der Waals surface area contributed by atoms with Crippen molar-refractivity contribution >= 4 is 10.0 Å². The van der Waals surface area contributed by atoms with Crippen molar-refractivity contribution in [1.29, 1.82) is 0 Å². The number of aryl methyl sites for hydroxylation is 1. The quantitative estimate of drug-likeness (QED) is 0.720. The number of aromatic amines is 2. The van der Waals surface area contributed by atoms with E-state index >= 15 is 0 Å². The third kappa shape index (κ3) is 2.87. The van der Waals surface area contributed by atoms with Crippen molar-refractivity contribution in [3.05, 3.63) is 26.5 Å². The number of rotatable bonds is 5. The van der Waals surface area contributed by atoms with Crippen LogP contribution in [0.4, 0.5) is 0 Å². The number of H-pyrrole nitrogens is 2. The van der Waals surface area contributed by atoms with Crippen LogP contribution in [0.25, 0.3) is 0 Å². The molecule has 4 bridgehead atoms. The standard InChI is InChI=1S/C18H27N3O4S/c1-3-14(18-7-11-4-12(8-18)6-13(5-11)9-18)21-26(24,25)15-10(2)19-17(23)20-16(15)22/h11-14,21H,3-9H2,1-2H3,(H2,19,20,22,23)/t11?,12?,13?,14-,18?/m1/s1. The summed E-state index contributed by atoms with van der Waals surface area (Å²) in [6, 6.07) is -0.174. The average molecular weight is 381 g/mol. The Morgan fingerprint density at radius 1 is 1.08 bits per heavy atom. The normalized spacial score (nSPS) is 34.2. The lowest BCUT2D eigenvalue weighted by Gasteiger charge is -2.59. The van der Waals surface area contributed by atoms with Crippen LogP contribution in [0.1, 0.15) is 57.6 Å². The van der Waals surface area contributed by atoms with E-state index in [1.54, 1.807) is 0 Å². The summed E-state index contributed by atoms with van der Waals surface area (Å²) in [6.45, 7) is 3.45. The van der Waals surface area contributed by atoms with Gasteiger partial charge >= 0.3 is 5.69 Å². The van der Waals surface area contributed by atoms with Crippen molar-refractivity contribution in [1.82, 2.24) is 14.7 Å². The molecule has 1 aromatic heterocycles. The van der Waals surface area contributed by atoms with E-state index in [9.17, 15) is 18.0 Å². The molecule has 0 aliphatic heterocycles. The predicted molar refractivity (Wildman–Crippen MR) is 97.4 cm³/mol. The number of sulfonamides is 1. The monoisotopic (exact) mass is 381 g/mol. The zero-order valence-corrected chi connectivity index (χ0v) is 16.1. The van der Waals surface area contributed by atoms with Crippen LogP contribution < -0.4 is 16.0 Å². The van der Waals surface area contributed by atoms with Crippen molar-refractivity contribution < 1.29 is 8.42 Å². The van der Waals surface area contributed by atoms with E-state index in [1.165, 1.54) is 26.2 Å². The van der Waals surface area contributed by atoms with E-state index in [0.717, 1.165) is 37.0 Å². The molecule has 144 valence electrons. The molecular weight excluding hydrogens is 354 g/mol. The molecule has 1 atom stereocenters. The van der Waals surface area contributed by atoms with Crippen LogP contribution in [0, 0.1) is 30.1 Å². The highest BCUT2D eigenvalue weighted by Crippen LogP contribution is 2.61. The summed E-state index contributed by atoms with van der Waals surface area (Å²) in [5.74, 6) is 2.16. The minimum atomic E-state index is -4.01.